The fraction of sp³-hybridized carbons (Fsp3) is 0.286. The molecule has 1 amide bonds. The van der Waals surface area contributed by atoms with Crippen LogP contribution in [0.25, 0.3) is 11.0 Å². The highest BCUT2D eigenvalue weighted by molar-refractivity contribution is 5.97. The minimum atomic E-state index is -1.10. The molecule has 0 aliphatic rings. The minimum Gasteiger partial charge on any atom is -0.497 e. The van der Waals surface area contributed by atoms with Gasteiger partial charge >= 0.3 is 0 Å². The molecule has 0 spiro atoms. The van der Waals surface area contributed by atoms with Crippen molar-refractivity contribution in [2.75, 3.05) is 20.8 Å². The predicted molar refractivity (Wildman–Crippen MR) is 102 cm³/mol. The Hall–Kier alpha value is -2.99. The van der Waals surface area contributed by atoms with Gasteiger partial charge in [-0.1, -0.05) is 24.3 Å². The van der Waals surface area contributed by atoms with Crippen LogP contribution in [0, 0.1) is 0 Å². The SMILES string of the molecule is COc1ccc(C[C@](C)(O)CNC(=O)c2cc3cccc(OC)c3o2)cc1. The van der Waals surface area contributed by atoms with Crippen LogP contribution in [0.5, 0.6) is 11.5 Å². The minimum absolute atomic E-state index is 0.0893. The van der Waals surface area contributed by atoms with Gasteiger partial charge in [-0.15, -0.1) is 0 Å². The molecule has 0 bridgehead atoms. The third kappa shape index (κ3) is 4.41. The van der Waals surface area contributed by atoms with Crippen molar-refractivity contribution in [3.63, 3.8) is 0 Å². The average molecular weight is 369 g/mol. The Balaban J connectivity index is 1.65. The van der Waals surface area contributed by atoms with E-state index >= 15 is 0 Å². The Labute approximate surface area is 157 Å². The molecule has 0 saturated heterocycles. The van der Waals surface area contributed by atoms with Crippen molar-refractivity contribution in [3.05, 3.63) is 59.9 Å². The molecule has 0 unspecified atom stereocenters. The molecule has 1 heterocycles. The van der Waals surface area contributed by atoms with E-state index in [1.165, 1.54) is 0 Å². The van der Waals surface area contributed by atoms with Gasteiger partial charge in [0.15, 0.2) is 17.1 Å². The van der Waals surface area contributed by atoms with Gasteiger partial charge in [-0.2, -0.15) is 0 Å². The number of aliphatic hydroxyl groups is 1. The van der Waals surface area contributed by atoms with Crippen LogP contribution in [0.1, 0.15) is 23.0 Å². The first-order valence-corrected chi connectivity index (χ1v) is 8.62. The van der Waals surface area contributed by atoms with E-state index in [0.29, 0.717) is 17.8 Å². The van der Waals surface area contributed by atoms with Gasteiger partial charge in [0.25, 0.3) is 5.91 Å². The van der Waals surface area contributed by atoms with Crippen LogP contribution in [0.3, 0.4) is 0 Å². The van der Waals surface area contributed by atoms with Crippen molar-refractivity contribution in [1.82, 2.24) is 5.32 Å². The first-order valence-electron chi connectivity index (χ1n) is 8.62. The van der Waals surface area contributed by atoms with Gasteiger partial charge in [-0.3, -0.25) is 4.79 Å². The molecule has 27 heavy (non-hydrogen) atoms. The van der Waals surface area contributed by atoms with E-state index in [1.54, 1.807) is 33.3 Å². The van der Waals surface area contributed by atoms with Crippen LogP contribution >= 0.6 is 0 Å². The van der Waals surface area contributed by atoms with Crippen LogP contribution in [-0.4, -0.2) is 37.4 Å². The highest BCUT2D eigenvalue weighted by atomic mass is 16.5. The molecular weight excluding hydrogens is 346 g/mol. The van der Waals surface area contributed by atoms with Crippen molar-refractivity contribution in [3.8, 4) is 11.5 Å². The Morgan fingerprint density at radius 1 is 1.15 bits per heavy atom. The lowest BCUT2D eigenvalue weighted by Gasteiger charge is -2.23. The zero-order valence-electron chi connectivity index (χ0n) is 15.6. The monoisotopic (exact) mass is 369 g/mol. The highest BCUT2D eigenvalue weighted by Crippen LogP contribution is 2.28. The maximum Gasteiger partial charge on any atom is 0.287 e. The number of nitrogens with one attached hydrogen (secondary N) is 1. The smallest absolute Gasteiger partial charge is 0.287 e. The molecular formula is C21H23NO5. The van der Waals surface area contributed by atoms with Gasteiger partial charge in [0.2, 0.25) is 0 Å². The summed E-state index contributed by atoms with van der Waals surface area (Å²) in [5.41, 5.74) is 0.368. The second-order valence-corrected chi connectivity index (χ2v) is 6.69. The second kappa shape index (κ2) is 7.72. The summed E-state index contributed by atoms with van der Waals surface area (Å²) in [6, 6.07) is 14.6. The van der Waals surface area contributed by atoms with E-state index in [0.717, 1.165) is 16.7 Å². The standard InChI is InChI=1S/C21H23NO5/c1-21(24,12-14-7-9-16(25-2)10-8-14)13-22-20(23)18-11-15-5-4-6-17(26-3)19(15)27-18/h4-11,24H,12-13H2,1-3H3,(H,22,23)/t21-/m0/s1. The summed E-state index contributed by atoms with van der Waals surface area (Å²) < 4.78 is 16.0. The lowest BCUT2D eigenvalue weighted by molar-refractivity contribution is 0.0545. The van der Waals surface area contributed by atoms with Crippen molar-refractivity contribution in [2.45, 2.75) is 18.9 Å². The van der Waals surface area contributed by atoms with E-state index in [-0.39, 0.29) is 18.2 Å². The van der Waals surface area contributed by atoms with Crippen LogP contribution in [0.2, 0.25) is 0 Å². The number of furan rings is 1. The van der Waals surface area contributed by atoms with Gasteiger partial charge in [0, 0.05) is 18.4 Å². The quantitative estimate of drug-likeness (QED) is 0.669. The maximum absolute atomic E-state index is 12.4. The largest absolute Gasteiger partial charge is 0.497 e. The number of benzene rings is 2. The number of para-hydroxylation sites is 1. The molecule has 3 aromatic rings. The normalized spacial score (nSPS) is 13.2. The number of carbonyl (C=O) groups is 1. The molecule has 0 radical (unpaired) electrons. The number of methoxy groups -OCH3 is 2. The third-order valence-electron chi connectivity index (χ3n) is 4.33. The highest BCUT2D eigenvalue weighted by Gasteiger charge is 2.23. The van der Waals surface area contributed by atoms with E-state index in [4.69, 9.17) is 13.9 Å². The molecule has 2 N–H and O–H groups in total. The number of hydrogen-bond acceptors (Lipinski definition) is 5. The van der Waals surface area contributed by atoms with E-state index in [1.807, 2.05) is 36.4 Å². The van der Waals surface area contributed by atoms with Gasteiger partial charge in [0.1, 0.15) is 5.75 Å². The number of rotatable bonds is 7. The van der Waals surface area contributed by atoms with E-state index in [2.05, 4.69) is 5.32 Å². The zero-order chi connectivity index (χ0) is 19.4. The molecule has 0 saturated carbocycles. The van der Waals surface area contributed by atoms with Crippen molar-refractivity contribution >= 4 is 16.9 Å². The van der Waals surface area contributed by atoms with Gasteiger partial charge in [-0.05, 0) is 36.8 Å². The van der Waals surface area contributed by atoms with Gasteiger partial charge < -0.3 is 24.3 Å². The molecule has 1 aromatic heterocycles. The fourth-order valence-corrected chi connectivity index (χ4v) is 2.91. The van der Waals surface area contributed by atoms with Crippen molar-refractivity contribution < 1.29 is 23.8 Å². The summed E-state index contributed by atoms with van der Waals surface area (Å²) in [5, 5.41) is 14.1. The maximum atomic E-state index is 12.4. The zero-order valence-corrected chi connectivity index (χ0v) is 15.6. The lowest BCUT2D eigenvalue weighted by Crippen LogP contribution is -2.42. The summed E-state index contributed by atoms with van der Waals surface area (Å²) in [6.45, 7) is 1.77. The van der Waals surface area contributed by atoms with Gasteiger partial charge in [-0.25, -0.2) is 0 Å². The average Bonchev–Trinajstić information content (AvgIpc) is 3.11. The first-order chi connectivity index (χ1) is 12.9. The van der Waals surface area contributed by atoms with Crippen molar-refractivity contribution in [2.24, 2.45) is 0 Å². The Bertz CT molecular complexity index is 927. The van der Waals surface area contributed by atoms with Crippen LogP contribution in [0.4, 0.5) is 0 Å². The third-order valence-corrected chi connectivity index (χ3v) is 4.33. The molecule has 6 nitrogen and oxygen atoms in total. The number of ether oxygens (including phenoxy) is 2. The van der Waals surface area contributed by atoms with Crippen molar-refractivity contribution in [1.29, 1.82) is 0 Å². The Morgan fingerprint density at radius 2 is 1.89 bits per heavy atom. The molecule has 1 atom stereocenters. The topological polar surface area (TPSA) is 80.9 Å². The summed E-state index contributed by atoms with van der Waals surface area (Å²) in [6.07, 6.45) is 0.394. The summed E-state index contributed by atoms with van der Waals surface area (Å²) in [4.78, 5) is 12.4. The molecule has 2 aromatic carbocycles. The first kappa shape index (κ1) is 18.8. The molecule has 6 heteroatoms. The Morgan fingerprint density at radius 3 is 2.56 bits per heavy atom. The van der Waals surface area contributed by atoms with Crippen LogP contribution in [0.15, 0.2) is 52.9 Å². The van der Waals surface area contributed by atoms with E-state index < -0.39 is 5.60 Å². The number of amides is 1. The molecule has 142 valence electrons. The molecule has 0 aliphatic heterocycles. The lowest BCUT2D eigenvalue weighted by atomic mass is 9.96. The summed E-state index contributed by atoms with van der Waals surface area (Å²) in [7, 11) is 3.15. The molecule has 0 fully saturated rings. The number of fused-ring (bicyclic) bond motifs is 1. The second-order valence-electron chi connectivity index (χ2n) is 6.69. The van der Waals surface area contributed by atoms with Gasteiger partial charge in [0.05, 0.1) is 19.8 Å². The predicted octanol–water partition coefficient (Wildman–Crippen LogP) is 3.17. The summed E-state index contributed by atoms with van der Waals surface area (Å²) in [5.74, 6) is 1.11. The van der Waals surface area contributed by atoms with Crippen LogP contribution in [-0.2, 0) is 6.42 Å². The number of hydrogen-bond donors (Lipinski definition) is 2. The fourth-order valence-electron chi connectivity index (χ4n) is 2.91. The molecule has 3 rings (SSSR count). The summed E-state index contributed by atoms with van der Waals surface area (Å²) >= 11 is 0. The Kier molecular flexibility index (Phi) is 5.37. The van der Waals surface area contributed by atoms with E-state index in [9.17, 15) is 9.90 Å². The van der Waals surface area contributed by atoms with Crippen LogP contribution < -0.4 is 14.8 Å². The number of carbonyl (C=O) groups excluding carboxylic acids is 1. The molecule has 0 aliphatic carbocycles.